The lowest BCUT2D eigenvalue weighted by Crippen LogP contribution is -2.39. The zero-order valence-corrected chi connectivity index (χ0v) is 14.4. The first-order valence-electron chi connectivity index (χ1n) is 7.97. The number of hydrogen-bond acceptors (Lipinski definition) is 6. The van der Waals surface area contributed by atoms with Gasteiger partial charge in [-0.3, -0.25) is 14.9 Å². The number of hydrogen-bond donors (Lipinski definition) is 1. The molecule has 0 radical (unpaired) electrons. The highest BCUT2D eigenvalue weighted by Gasteiger charge is 2.34. The number of benzene rings is 1. The van der Waals surface area contributed by atoms with Crippen LogP contribution in [0.1, 0.15) is 25.7 Å². The van der Waals surface area contributed by atoms with Crippen molar-refractivity contribution in [3.8, 4) is 6.07 Å². The van der Waals surface area contributed by atoms with Gasteiger partial charge in [-0.1, -0.05) is 12.8 Å². The molecule has 1 saturated carbocycles. The molecule has 1 aliphatic carbocycles. The van der Waals surface area contributed by atoms with E-state index >= 15 is 0 Å². The summed E-state index contributed by atoms with van der Waals surface area (Å²) in [5.41, 5.74) is -0.176. The number of sulfone groups is 1. The quantitative estimate of drug-likeness (QED) is 0.465. The minimum absolute atomic E-state index is 0.0138. The Morgan fingerprint density at radius 3 is 2.52 bits per heavy atom. The summed E-state index contributed by atoms with van der Waals surface area (Å²) in [6.45, 7) is -0.100. The number of amides is 1. The lowest BCUT2D eigenvalue weighted by molar-refractivity contribution is -0.384. The zero-order valence-electron chi connectivity index (χ0n) is 13.6. The van der Waals surface area contributed by atoms with Gasteiger partial charge >= 0.3 is 0 Å². The molecule has 0 heterocycles. The van der Waals surface area contributed by atoms with Crippen molar-refractivity contribution >= 4 is 21.4 Å². The number of non-ortho nitro benzene ring substituents is 1. The standard InChI is InChI=1S/C16H19N3O5S/c17-9-10-18-16(20)15-4-2-1-3-12(15)11-25(23,24)14-7-5-13(6-8-14)19(21)22/h5-8,12,15H,1-4,10-11H2,(H,18,20). The van der Waals surface area contributed by atoms with Crippen LogP contribution in [0.15, 0.2) is 29.2 Å². The van der Waals surface area contributed by atoms with Crippen molar-refractivity contribution < 1.29 is 18.1 Å². The average molecular weight is 365 g/mol. The maximum absolute atomic E-state index is 12.6. The molecule has 134 valence electrons. The van der Waals surface area contributed by atoms with Gasteiger partial charge in [0.15, 0.2) is 9.84 Å². The van der Waals surface area contributed by atoms with Crippen LogP contribution in [0.2, 0.25) is 0 Å². The molecule has 2 unspecified atom stereocenters. The predicted octanol–water partition coefficient (Wildman–Crippen LogP) is 1.81. The molecular formula is C16H19N3O5S. The molecule has 1 fully saturated rings. The first-order chi connectivity index (χ1) is 11.8. The van der Waals surface area contributed by atoms with Crippen molar-refractivity contribution in [2.75, 3.05) is 12.3 Å². The average Bonchev–Trinajstić information content (AvgIpc) is 2.60. The van der Waals surface area contributed by atoms with Crippen LogP contribution < -0.4 is 5.32 Å². The Balaban J connectivity index is 2.15. The molecule has 0 aromatic heterocycles. The lowest BCUT2D eigenvalue weighted by atomic mass is 9.80. The summed E-state index contributed by atoms with van der Waals surface area (Å²) in [5.74, 6) is -1.23. The van der Waals surface area contributed by atoms with E-state index in [1.807, 2.05) is 6.07 Å². The van der Waals surface area contributed by atoms with Crippen molar-refractivity contribution in [3.63, 3.8) is 0 Å². The normalized spacial score (nSPS) is 20.4. The van der Waals surface area contributed by atoms with Crippen LogP contribution in [-0.2, 0) is 14.6 Å². The highest BCUT2D eigenvalue weighted by Crippen LogP contribution is 2.33. The van der Waals surface area contributed by atoms with E-state index in [-0.39, 0.29) is 34.7 Å². The fraction of sp³-hybridized carbons (Fsp3) is 0.500. The van der Waals surface area contributed by atoms with Gasteiger partial charge in [0.05, 0.1) is 21.6 Å². The number of nitrogens with one attached hydrogen (secondary N) is 1. The second-order valence-electron chi connectivity index (χ2n) is 6.06. The van der Waals surface area contributed by atoms with Gasteiger partial charge in [0, 0.05) is 18.1 Å². The van der Waals surface area contributed by atoms with Gasteiger partial charge in [0.25, 0.3) is 5.69 Å². The number of rotatable bonds is 6. The smallest absolute Gasteiger partial charge is 0.269 e. The molecule has 1 N–H and O–H groups in total. The number of nitro benzene ring substituents is 1. The van der Waals surface area contributed by atoms with Gasteiger partial charge in [-0.2, -0.15) is 5.26 Å². The van der Waals surface area contributed by atoms with Crippen LogP contribution in [0, 0.1) is 33.3 Å². The van der Waals surface area contributed by atoms with Crippen LogP contribution in [-0.4, -0.2) is 31.5 Å². The van der Waals surface area contributed by atoms with Gasteiger partial charge in [0.1, 0.15) is 6.54 Å². The van der Waals surface area contributed by atoms with Crippen molar-refractivity contribution in [1.29, 1.82) is 5.26 Å². The molecule has 2 atom stereocenters. The SMILES string of the molecule is N#CCNC(=O)C1CCCCC1CS(=O)(=O)c1ccc([N+](=O)[O-])cc1. The highest BCUT2D eigenvalue weighted by molar-refractivity contribution is 7.91. The molecule has 1 aromatic carbocycles. The van der Waals surface area contributed by atoms with Gasteiger partial charge in [0.2, 0.25) is 5.91 Å². The fourth-order valence-corrected chi connectivity index (χ4v) is 4.87. The van der Waals surface area contributed by atoms with Crippen LogP contribution in [0.25, 0.3) is 0 Å². The number of carbonyl (C=O) groups excluding carboxylic acids is 1. The maximum Gasteiger partial charge on any atom is 0.269 e. The first kappa shape index (κ1) is 18.9. The molecule has 0 saturated heterocycles. The summed E-state index contributed by atoms with van der Waals surface area (Å²) in [6, 6.07) is 6.60. The summed E-state index contributed by atoms with van der Waals surface area (Å²) < 4.78 is 25.2. The fourth-order valence-electron chi connectivity index (χ4n) is 3.16. The van der Waals surface area contributed by atoms with E-state index < -0.39 is 20.7 Å². The Labute approximate surface area is 145 Å². The summed E-state index contributed by atoms with van der Waals surface area (Å²) in [4.78, 5) is 22.3. The summed E-state index contributed by atoms with van der Waals surface area (Å²) in [7, 11) is -3.66. The number of nitro groups is 1. The predicted molar refractivity (Wildman–Crippen MR) is 89.2 cm³/mol. The first-order valence-corrected chi connectivity index (χ1v) is 9.62. The Hall–Kier alpha value is -2.47. The van der Waals surface area contributed by atoms with E-state index in [0.717, 1.165) is 25.0 Å². The van der Waals surface area contributed by atoms with Gasteiger partial charge in [-0.15, -0.1) is 0 Å². The summed E-state index contributed by atoms with van der Waals surface area (Å²) in [5, 5.41) is 21.7. The van der Waals surface area contributed by atoms with Crippen LogP contribution in [0.4, 0.5) is 5.69 Å². The van der Waals surface area contributed by atoms with Crippen LogP contribution in [0.5, 0.6) is 0 Å². The zero-order chi connectivity index (χ0) is 18.4. The van der Waals surface area contributed by atoms with E-state index in [4.69, 9.17) is 5.26 Å². The summed E-state index contributed by atoms with van der Waals surface area (Å²) >= 11 is 0. The number of nitriles is 1. The Kier molecular flexibility index (Phi) is 6.09. The minimum Gasteiger partial charge on any atom is -0.343 e. The largest absolute Gasteiger partial charge is 0.343 e. The van der Waals surface area contributed by atoms with Crippen molar-refractivity contribution in [2.45, 2.75) is 30.6 Å². The Bertz CT molecular complexity index is 783. The van der Waals surface area contributed by atoms with Crippen molar-refractivity contribution in [1.82, 2.24) is 5.32 Å². The van der Waals surface area contributed by atoms with Gasteiger partial charge < -0.3 is 5.32 Å². The van der Waals surface area contributed by atoms with Crippen molar-refractivity contribution in [3.05, 3.63) is 34.4 Å². The maximum atomic E-state index is 12.6. The van der Waals surface area contributed by atoms with Gasteiger partial charge in [-0.25, -0.2) is 8.42 Å². The second-order valence-corrected chi connectivity index (χ2v) is 8.09. The van der Waals surface area contributed by atoms with Crippen LogP contribution >= 0.6 is 0 Å². The third kappa shape index (κ3) is 4.76. The van der Waals surface area contributed by atoms with Gasteiger partial charge in [-0.05, 0) is 30.9 Å². The molecule has 1 aliphatic rings. The van der Waals surface area contributed by atoms with E-state index in [1.54, 1.807) is 0 Å². The van der Waals surface area contributed by atoms with E-state index in [1.165, 1.54) is 12.1 Å². The Morgan fingerprint density at radius 1 is 1.28 bits per heavy atom. The third-order valence-electron chi connectivity index (χ3n) is 4.43. The molecular weight excluding hydrogens is 346 g/mol. The monoisotopic (exact) mass is 365 g/mol. The molecule has 2 rings (SSSR count). The molecule has 1 amide bonds. The molecule has 1 aromatic rings. The van der Waals surface area contributed by atoms with E-state index in [0.29, 0.717) is 12.8 Å². The lowest BCUT2D eigenvalue weighted by Gasteiger charge is -2.30. The Morgan fingerprint density at radius 2 is 1.92 bits per heavy atom. The molecule has 0 aliphatic heterocycles. The molecule has 9 heteroatoms. The van der Waals surface area contributed by atoms with Crippen molar-refractivity contribution in [2.24, 2.45) is 11.8 Å². The van der Waals surface area contributed by atoms with E-state index in [9.17, 15) is 23.3 Å². The minimum atomic E-state index is -3.66. The molecule has 25 heavy (non-hydrogen) atoms. The molecule has 0 bridgehead atoms. The van der Waals surface area contributed by atoms with E-state index in [2.05, 4.69) is 5.32 Å². The second kappa shape index (κ2) is 8.07. The highest BCUT2D eigenvalue weighted by atomic mass is 32.2. The topological polar surface area (TPSA) is 130 Å². The molecule has 8 nitrogen and oxygen atoms in total. The number of carbonyl (C=O) groups is 1. The summed E-state index contributed by atoms with van der Waals surface area (Å²) in [6.07, 6.45) is 2.91. The van der Waals surface area contributed by atoms with Crippen LogP contribution in [0.3, 0.4) is 0 Å². The molecule has 0 spiro atoms. The third-order valence-corrected chi connectivity index (χ3v) is 6.29. The number of nitrogens with zero attached hydrogens (tertiary/aromatic N) is 2.